The Labute approximate surface area is 212 Å². The van der Waals surface area contributed by atoms with Gasteiger partial charge in [0.1, 0.15) is 0 Å². The number of carbonyl (C=O) groups excluding carboxylic acids is 2. The number of hydrogen-bond acceptors (Lipinski definition) is 4. The van der Waals surface area contributed by atoms with Crippen molar-refractivity contribution in [3.05, 3.63) is 95.1 Å². The third kappa shape index (κ3) is 5.62. The van der Waals surface area contributed by atoms with Gasteiger partial charge in [0, 0.05) is 33.1 Å². The van der Waals surface area contributed by atoms with E-state index in [1.165, 1.54) is 0 Å². The van der Waals surface area contributed by atoms with E-state index in [9.17, 15) is 9.59 Å². The standard InChI is InChI=1S/C29H33N3O4/c1-31(20-21-10-6-4-7-11-21)29(34)30-16-14-27(33)32-17-15-23-18-25(35-2)26(36-3)19-24(23)28(32)22-12-8-5-9-13-22/h4-13,18-19,28H,14-17,20H2,1-3H3,(H,30,34). The number of amides is 3. The van der Waals surface area contributed by atoms with Crippen molar-refractivity contribution in [2.75, 3.05) is 34.4 Å². The molecule has 0 aliphatic carbocycles. The predicted octanol–water partition coefficient (Wildman–Crippen LogP) is 4.41. The van der Waals surface area contributed by atoms with Gasteiger partial charge in [0.2, 0.25) is 5.91 Å². The Balaban J connectivity index is 1.46. The van der Waals surface area contributed by atoms with Crippen LogP contribution in [-0.4, -0.2) is 56.1 Å². The first-order valence-corrected chi connectivity index (χ1v) is 12.1. The molecule has 0 spiro atoms. The maximum atomic E-state index is 13.4. The van der Waals surface area contributed by atoms with Gasteiger partial charge in [-0.1, -0.05) is 60.7 Å². The highest BCUT2D eigenvalue weighted by atomic mass is 16.5. The van der Waals surface area contributed by atoms with Crippen LogP contribution in [0.15, 0.2) is 72.8 Å². The Bertz CT molecular complexity index is 1180. The van der Waals surface area contributed by atoms with E-state index in [2.05, 4.69) is 5.32 Å². The Morgan fingerprint density at radius 1 is 0.972 bits per heavy atom. The lowest BCUT2D eigenvalue weighted by atomic mass is 9.87. The number of carbonyl (C=O) groups is 2. The van der Waals surface area contributed by atoms with E-state index in [4.69, 9.17) is 9.47 Å². The summed E-state index contributed by atoms with van der Waals surface area (Å²) in [5.41, 5.74) is 4.26. The molecule has 1 aliphatic heterocycles. The van der Waals surface area contributed by atoms with Crippen LogP contribution >= 0.6 is 0 Å². The van der Waals surface area contributed by atoms with Gasteiger partial charge in [-0.15, -0.1) is 0 Å². The molecule has 3 aromatic rings. The number of benzene rings is 3. The molecule has 0 saturated carbocycles. The fourth-order valence-corrected chi connectivity index (χ4v) is 4.69. The van der Waals surface area contributed by atoms with Gasteiger partial charge in [0.05, 0.1) is 20.3 Å². The molecule has 0 saturated heterocycles. The highest BCUT2D eigenvalue weighted by Gasteiger charge is 2.33. The van der Waals surface area contributed by atoms with Crippen molar-refractivity contribution < 1.29 is 19.1 Å². The summed E-state index contributed by atoms with van der Waals surface area (Å²) in [7, 11) is 4.99. The van der Waals surface area contributed by atoms with Crippen molar-refractivity contribution in [3.63, 3.8) is 0 Å². The highest BCUT2D eigenvalue weighted by molar-refractivity contribution is 5.79. The first-order valence-electron chi connectivity index (χ1n) is 12.1. The van der Waals surface area contributed by atoms with Crippen LogP contribution in [0.1, 0.15) is 34.7 Å². The van der Waals surface area contributed by atoms with E-state index < -0.39 is 0 Å². The minimum Gasteiger partial charge on any atom is -0.493 e. The SMILES string of the molecule is COc1cc2c(cc1OC)C(c1ccccc1)N(C(=O)CCNC(=O)N(C)Cc1ccccc1)CC2. The van der Waals surface area contributed by atoms with Crippen molar-refractivity contribution in [1.82, 2.24) is 15.1 Å². The number of nitrogens with one attached hydrogen (secondary N) is 1. The van der Waals surface area contributed by atoms with Gasteiger partial charge in [-0.3, -0.25) is 4.79 Å². The maximum absolute atomic E-state index is 13.4. The van der Waals surface area contributed by atoms with Gasteiger partial charge >= 0.3 is 6.03 Å². The second-order valence-corrected chi connectivity index (χ2v) is 8.88. The van der Waals surface area contributed by atoms with Crippen LogP contribution in [0.3, 0.4) is 0 Å². The first-order chi connectivity index (χ1) is 17.5. The zero-order valence-corrected chi connectivity index (χ0v) is 21.1. The number of ether oxygens (including phenoxy) is 2. The second kappa shape index (κ2) is 11.6. The van der Waals surface area contributed by atoms with E-state index in [1.807, 2.05) is 77.7 Å². The lowest BCUT2D eigenvalue weighted by Gasteiger charge is -2.38. The second-order valence-electron chi connectivity index (χ2n) is 8.88. The van der Waals surface area contributed by atoms with Crippen LogP contribution in [0, 0.1) is 0 Å². The topological polar surface area (TPSA) is 71.1 Å². The van der Waals surface area contributed by atoms with Gasteiger partial charge < -0.3 is 24.6 Å². The molecule has 1 atom stereocenters. The molecule has 188 valence electrons. The van der Waals surface area contributed by atoms with Crippen molar-refractivity contribution in [2.24, 2.45) is 0 Å². The van der Waals surface area contributed by atoms with Crippen molar-refractivity contribution >= 4 is 11.9 Å². The zero-order chi connectivity index (χ0) is 25.5. The molecular weight excluding hydrogens is 454 g/mol. The molecule has 4 rings (SSSR count). The minimum atomic E-state index is -0.237. The summed E-state index contributed by atoms with van der Waals surface area (Å²) in [6, 6.07) is 23.4. The van der Waals surface area contributed by atoms with Crippen LogP contribution in [0.2, 0.25) is 0 Å². The molecule has 3 aromatic carbocycles. The van der Waals surface area contributed by atoms with Crippen LogP contribution in [-0.2, 0) is 17.8 Å². The summed E-state index contributed by atoms with van der Waals surface area (Å²) in [5, 5.41) is 2.88. The number of nitrogens with zero attached hydrogens (tertiary/aromatic N) is 2. The molecule has 0 bridgehead atoms. The summed E-state index contributed by atoms with van der Waals surface area (Å²) >= 11 is 0. The molecule has 7 nitrogen and oxygen atoms in total. The molecule has 0 radical (unpaired) electrons. The zero-order valence-electron chi connectivity index (χ0n) is 21.1. The molecule has 3 amide bonds. The normalized spacial score (nSPS) is 14.5. The fourth-order valence-electron chi connectivity index (χ4n) is 4.69. The largest absolute Gasteiger partial charge is 0.493 e. The number of methoxy groups -OCH3 is 2. The summed E-state index contributed by atoms with van der Waals surface area (Å²) in [5.74, 6) is 1.32. The number of hydrogen-bond donors (Lipinski definition) is 1. The molecule has 1 unspecified atom stereocenters. The number of urea groups is 1. The molecular formula is C29H33N3O4. The van der Waals surface area contributed by atoms with Gasteiger partial charge in [-0.2, -0.15) is 0 Å². The monoisotopic (exact) mass is 487 g/mol. The van der Waals surface area contributed by atoms with Crippen molar-refractivity contribution in [1.29, 1.82) is 0 Å². The Kier molecular flexibility index (Phi) is 8.10. The Hall–Kier alpha value is -4.00. The Morgan fingerprint density at radius 2 is 1.61 bits per heavy atom. The lowest BCUT2D eigenvalue weighted by Crippen LogP contribution is -2.43. The molecule has 36 heavy (non-hydrogen) atoms. The van der Waals surface area contributed by atoms with Gasteiger partial charge in [-0.05, 0) is 40.8 Å². The van der Waals surface area contributed by atoms with E-state index >= 15 is 0 Å². The Morgan fingerprint density at radius 3 is 2.28 bits per heavy atom. The van der Waals surface area contributed by atoms with Crippen LogP contribution < -0.4 is 14.8 Å². The van der Waals surface area contributed by atoms with Crippen molar-refractivity contribution in [2.45, 2.75) is 25.4 Å². The molecule has 0 aromatic heterocycles. The summed E-state index contributed by atoms with van der Waals surface area (Å²) in [4.78, 5) is 29.5. The summed E-state index contributed by atoms with van der Waals surface area (Å²) in [6.45, 7) is 1.36. The number of fused-ring (bicyclic) bond motifs is 1. The van der Waals surface area contributed by atoms with Crippen LogP contribution in [0.5, 0.6) is 11.5 Å². The van der Waals surface area contributed by atoms with Crippen LogP contribution in [0.25, 0.3) is 0 Å². The molecule has 0 fully saturated rings. The smallest absolute Gasteiger partial charge is 0.317 e. The lowest BCUT2D eigenvalue weighted by molar-refractivity contribution is -0.133. The third-order valence-electron chi connectivity index (χ3n) is 6.53. The van der Waals surface area contributed by atoms with Gasteiger partial charge in [-0.25, -0.2) is 4.79 Å². The van der Waals surface area contributed by atoms with Gasteiger partial charge in [0.15, 0.2) is 11.5 Å². The minimum absolute atomic E-state index is 0.00435. The van der Waals surface area contributed by atoms with Crippen molar-refractivity contribution in [3.8, 4) is 11.5 Å². The van der Waals surface area contributed by atoms with E-state index in [-0.39, 0.29) is 30.9 Å². The summed E-state index contributed by atoms with van der Waals surface area (Å²) < 4.78 is 11.1. The van der Waals surface area contributed by atoms with E-state index in [0.717, 1.165) is 28.7 Å². The van der Waals surface area contributed by atoms with Crippen LogP contribution in [0.4, 0.5) is 4.79 Å². The average molecular weight is 488 g/mol. The van der Waals surface area contributed by atoms with Gasteiger partial charge in [0.25, 0.3) is 0 Å². The van der Waals surface area contributed by atoms with E-state index in [0.29, 0.717) is 24.6 Å². The molecule has 1 aliphatic rings. The average Bonchev–Trinajstić information content (AvgIpc) is 2.92. The maximum Gasteiger partial charge on any atom is 0.317 e. The highest BCUT2D eigenvalue weighted by Crippen LogP contribution is 2.41. The quantitative estimate of drug-likeness (QED) is 0.511. The predicted molar refractivity (Wildman–Crippen MR) is 139 cm³/mol. The fraction of sp³-hybridized carbons (Fsp3) is 0.310. The summed E-state index contributed by atoms with van der Waals surface area (Å²) in [6.07, 6.45) is 0.938. The number of rotatable bonds is 8. The first kappa shape index (κ1) is 25.1. The molecule has 1 N–H and O–H groups in total. The van der Waals surface area contributed by atoms with E-state index in [1.54, 1.807) is 26.2 Å². The molecule has 1 heterocycles. The molecule has 7 heteroatoms. The third-order valence-corrected chi connectivity index (χ3v) is 6.53.